The molecule has 1 aromatic carbocycles. The molecular formula is C12H18N2O3S. The predicted molar refractivity (Wildman–Crippen MR) is 73.0 cm³/mol. The molecule has 18 heavy (non-hydrogen) atoms. The number of benzene rings is 1. The molecule has 5 nitrogen and oxygen atoms in total. The summed E-state index contributed by atoms with van der Waals surface area (Å²) in [6.07, 6.45) is 2.28. The number of nitrogen functional groups attached to an aromatic ring is 1. The molecule has 0 aliphatic heterocycles. The van der Waals surface area contributed by atoms with E-state index in [1.807, 2.05) is 6.92 Å². The van der Waals surface area contributed by atoms with Crippen molar-refractivity contribution in [2.45, 2.75) is 19.4 Å². The summed E-state index contributed by atoms with van der Waals surface area (Å²) in [5.41, 5.74) is 6.05. The summed E-state index contributed by atoms with van der Waals surface area (Å²) in [5.74, 6) is 0.165. The molecule has 0 bridgehead atoms. The lowest BCUT2D eigenvalue weighted by Crippen LogP contribution is -2.33. The van der Waals surface area contributed by atoms with Crippen molar-refractivity contribution >= 4 is 22.4 Å². The average molecular weight is 270 g/mol. The van der Waals surface area contributed by atoms with Crippen molar-refractivity contribution in [2.24, 2.45) is 0 Å². The standard InChI is InChI=1S/C12H18N2O3S/c1-8(5-6-18(2)17)14-12(16)9-3-4-10(13)11(15)7-9/h3-4,7-8,15H,5-6,13H2,1-2H3,(H,14,16). The molecule has 0 aliphatic carbocycles. The molecule has 0 heterocycles. The number of aromatic hydroxyl groups is 1. The second kappa shape index (κ2) is 6.39. The summed E-state index contributed by atoms with van der Waals surface area (Å²) >= 11 is 0. The number of hydrogen-bond donors (Lipinski definition) is 3. The number of amides is 1. The van der Waals surface area contributed by atoms with Crippen molar-refractivity contribution in [3.8, 4) is 5.75 Å². The van der Waals surface area contributed by atoms with Gasteiger partial charge in [0.15, 0.2) is 0 Å². The van der Waals surface area contributed by atoms with Crippen LogP contribution < -0.4 is 11.1 Å². The third-order valence-electron chi connectivity index (χ3n) is 2.51. The molecule has 100 valence electrons. The van der Waals surface area contributed by atoms with E-state index in [0.717, 1.165) is 0 Å². The number of hydrogen-bond acceptors (Lipinski definition) is 4. The van der Waals surface area contributed by atoms with Crippen molar-refractivity contribution in [3.63, 3.8) is 0 Å². The van der Waals surface area contributed by atoms with Gasteiger partial charge in [-0.3, -0.25) is 9.00 Å². The van der Waals surface area contributed by atoms with Crippen molar-refractivity contribution in [3.05, 3.63) is 23.8 Å². The second-order valence-electron chi connectivity index (χ2n) is 4.21. The molecule has 4 N–H and O–H groups in total. The maximum atomic E-state index is 11.8. The fourth-order valence-corrected chi connectivity index (χ4v) is 2.09. The van der Waals surface area contributed by atoms with E-state index in [1.54, 1.807) is 12.3 Å². The summed E-state index contributed by atoms with van der Waals surface area (Å²) < 4.78 is 10.9. The highest BCUT2D eigenvalue weighted by Gasteiger charge is 2.11. The van der Waals surface area contributed by atoms with E-state index in [4.69, 9.17) is 5.73 Å². The third-order valence-corrected chi connectivity index (χ3v) is 3.32. The fourth-order valence-electron chi connectivity index (χ4n) is 1.41. The number of nitrogens with two attached hydrogens (primary N) is 1. The lowest BCUT2D eigenvalue weighted by Gasteiger charge is -2.13. The number of phenolic OH excluding ortho intramolecular Hbond substituents is 1. The molecule has 2 atom stereocenters. The molecular weight excluding hydrogens is 252 g/mol. The van der Waals surface area contributed by atoms with Gasteiger partial charge in [-0.25, -0.2) is 0 Å². The maximum Gasteiger partial charge on any atom is 0.251 e. The molecule has 6 heteroatoms. The Labute approximate surface area is 109 Å². The SMILES string of the molecule is CC(CCS(C)=O)NC(=O)c1ccc(N)c(O)c1. The number of anilines is 1. The Morgan fingerprint density at radius 3 is 2.78 bits per heavy atom. The lowest BCUT2D eigenvalue weighted by atomic mass is 10.1. The number of phenols is 1. The Hall–Kier alpha value is -1.56. The van der Waals surface area contributed by atoms with Crippen LogP contribution in [0.5, 0.6) is 5.75 Å². The van der Waals surface area contributed by atoms with Crippen LogP contribution in [0.4, 0.5) is 5.69 Å². The molecule has 0 saturated heterocycles. The van der Waals surface area contributed by atoms with Gasteiger partial charge >= 0.3 is 0 Å². The zero-order chi connectivity index (χ0) is 13.7. The largest absolute Gasteiger partial charge is 0.506 e. The van der Waals surface area contributed by atoms with Gasteiger partial charge in [-0.05, 0) is 31.5 Å². The van der Waals surface area contributed by atoms with Gasteiger partial charge in [-0.15, -0.1) is 0 Å². The third kappa shape index (κ3) is 4.37. The van der Waals surface area contributed by atoms with Crippen LogP contribution >= 0.6 is 0 Å². The summed E-state index contributed by atoms with van der Waals surface area (Å²) in [6.45, 7) is 1.85. The number of nitrogens with one attached hydrogen (secondary N) is 1. The second-order valence-corrected chi connectivity index (χ2v) is 5.77. The highest BCUT2D eigenvalue weighted by molar-refractivity contribution is 7.84. The molecule has 1 aromatic rings. The molecule has 0 radical (unpaired) electrons. The Kier molecular flexibility index (Phi) is 5.15. The van der Waals surface area contributed by atoms with Gasteiger partial charge in [-0.1, -0.05) is 0 Å². The van der Waals surface area contributed by atoms with Crippen molar-refractivity contribution in [2.75, 3.05) is 17.7 Å². The molecule has 0 fully saturated rings. The topological polar surface area (TPSA) is 92.4 Å². The predicted octanol–water partition coefficient (Wildman–Crippen LogP) is 0.861. The van der Waals surface area contributed by atoms with Gasteiger partial charge in [-0.2, -0.15) is 0 Å². The minimum atomic E-state index is -0.860. The number of rotatable bonds is 5. The minimum Gasteiger partial charge on any atom is -0.506 e. The van der Waals surface area contributed by atoms with Gasteiger partial charge in [0.25, 0.3) is 5.91 Å². The molecule has 0 aliphatic rings. The van der Waals surface area contributed by atoms with Crippen LogP contribution in [0.2, 0.25) is 0 Å². The first-order valence-electron chi connectivity index (χ1n) is 5.59. The van der Waals surface area contributed by atoms with Crippen LogP contribution in [0.1, 0.15) is 23.7 Å². The molecule has 2 unspecified atom stereocenters. The first-order valence-corrected chi connectivity index (χ1v) is 7.32. The molecule has 1 rings (SSSR count). The first kappa shape index (κ1) is 14.5. The van der Waals surface area contributed by atoms with E-state index in [2.05, 4.69) is 5.32 Å². The van der Waals surface area contributed by atoms with Crippen LogP contribution in [0.25, 0.3) is 0 Å². The quantitative estimate of drug-likeness (QED) is 0.546. The molecule has 0 saturated carbocycles. The summed E-state index contributed by atoms with van der Waals surface area (Å²) in [7, 11) is -0.860. The Bertz CT molecular complexity index is 463. The van der Waals surface area contributed by atoms with E-state index in [0.29, 0.717) is 17.7 Å². The van der Waals surface area contributed by atoms with Gasteiger partial charge in [0.05, 0.1) is 5.69 Å². The summed E-state index contributed by atoms with van der Waals surface area (Å²) in [4.78, 5) is 11.8. The molecule has 0 spiro atoms. The Morgan fingerprint density at radius 2 is 2.22 bits per heavy atom. The Balaban J connectivity index is 2.59. The van der Waals surface area contributed by atoms with Crippen molar-refractivity contribution < 1.29 is 14.1 Å². The zero-order valence-electron chi connectivity index (χ0n) is 10.5. The van der Waals surface area contributed by atoms with Crippen LogP contribution in [0, 0.1) is 0 Å². The smallest absolute Gasteiger partial charge is 0.251 e. The van der Waals surface area contributed by atoms with Crippen LogP contribution in [-0.2, 0) is 10.8 Å². The molecule has 1 amide bonds. The van der Waals surface area contributed by atoms with E-state index >= 15 is 0 Å². The number of carbonyl (C=O) groups excluding carboxylic acids is 1. The van der Waals surface area contributed by atoms with Crippen LogP contribution in [0.3, 0.4) is 0 Å². The zero-order valence-corrected chi connectivity index (χ0v) is 11.3. The van der Waals surface area contributed by atoms with Crippen LogP contribution in [-0.4, -0.2) is 33.3 Å². The van der Waals surface area contributed by atoms with E-state index < -0.39 is 10.8 Å². The van der Waals surface area contributed by atoms with Gasteiger partial charge in [0.2, 0.25) is 0 Å². The highest BCUT2D eigenvalue weighted by Crippen LogP contribution is 2.20. The minimum absolute atomic E-state index is 0.0684. The lowest BCUT2D eigenvalue weighted by molar-refractivity contribution is 0.0939. The summed E-state index contributed by atoms with van der Waals surface area (Å²) in [5, 5.41) is 12.2. The number of carbonyl (C=O) groups is 1. The van der Waals surface area contributed by atoms with Crippen LogP contribution in [0.15, 0.2) is 18.2 Å². The molecule has 0 aromatic heterocycles. The van der Waals surface area contributed by atoms with E-state index in [9.17, 15) is 14.1 Å². The van der Waals surface area contributed by atoms with E-state index in [-0.39, 0.29) is 23.4 Å². The maximum absolute atomic E-state index is 11.8. The van der Waals surface area contributed by atoms with Gasteiger partial charge in [0.1, 0.15) is 5.75 Å². The first-order chi connectivity index (χ1) is 8.40. The highest BCUT2D eigenvalue weighted by atomic mass is 32.2. The van der Waals surface area contributed by atoms with Gasteiger partial charge < -0.3 is 16.2 Å². The monoisotopic (exact) mass is 270 g/mol. The van der Waals surface area contributed by atoms with Crippen molar-refractivity contribution in [1.29, 1.82) is 0 Å². The van der Waals surface area contributed by atoms with E-state index in [1.165, 1.54) is 12.1 Å². The fraction of sp³-hybridized carbons (Fsp3) is 0.417. The normalized spacial score (nSPS) is 13.9. The van der Waals surface area contributed by atoms with Crippen molar-refractivity contribution in [1.82, 2.24) is 5.32 Å². The average Bonchev–Trinajstić information content (AvgIpc) is 2.30. The summed E-state index contributed by atoms with van der Waals surface area (Å²) in [6, 6.07) is 4.29. The Morgan fingerprint density at radius 1 is 1.56 bits per heavy atom. The van der Waals surface area contributed by atoms with Gasteiger partial charge in [0, 0.05) is 34.4 Å².